The maximum Gasteiger partial charge on any atom is 0.183 e. The normalized spacial score (nSPS) is 43.0. The van der Waals surface area contributed by atoms with Crippen molar-refractivity contribution in [2.45, 2.75) is 57.9 Å². The van der Waals surface area contributed by atoms with Gasteiger partial charge < -0.3 is 25.2 Å². The van der Waals surface area contributed by atoms with Crippen molar-refractivity contribution in [2.75, 3.05) is 0 Å². The molecular weight excluding hydrogens is 200 g/mol. The summed E-state index contributed by atoms with van der Waals surface area (Å²) < 4.78 is 5.05. The van der Waals surface area contributed by atoms with Crippen LogP contribution in [0.3, 0.4) is 0 Å². The monoisotopic (exact) mass is 220 g/mol. The number of hydrogen-bond donors (Lipinski definition) is 4. The molecule has 1 fully saturated rings. The first-order valence-corrected chi connectivity index (χ1v) is 5.10. The maximum absolute atomic E-state index is 9.64. The molecule has 0 saturated carbocycles. The van der Waals surface area contributed by atoms with E-state index in [1.165, 1.54) is 0 Å². The van der Waals surface area contributed by atoms with Crippen LogP contribution in [-0.4, -0.2) is 51.1 Å². The summed E-state index contributed by atoms with van der Waals surface area (Å²) >= 11 is 0. The Morgan fingerprint density at radius 3 is 1.93 bits per heavy atom. The van der Waals surface area contributed by atoms with Crippen LogP contribution in [0.5, 0.6) is 0 Å². The number of hydrogen-bond acceptors (Lipinski definition) is 5. The molecule has 1 aliphatic rings. The summed E-state index contributed by atoms with van der Waals surface area (Å²) in [6.07, 6.45) is -5.57. The third-order valence-electron chi connectivity index (χ3n) is 2.50. The fourth-order valence-electron chi connectivity index (χ4n) is 1.70. The average Bonchev–Trinajstić information content (AvgIpc) is 2.08. The third-order valence-corrected chi connectivity index (χ3v) is 2.50. The zero-order valence-electron chi connectivity index (χ0n) is 9.29. The SMILES string of the molecule is CC(C)(C)C[C@H]1O[C@H](O)[C@H](O)[C@@H](O)[C@@H]1O. The van der Waals surface area contributed by atoms with Crippen molar-refractivity contribution in [3.05, 3.63) is 0 Å². The summed E-state index contributed by atoms with van der Waals surface area (Å²) in [6, 6.07) is 0. The van der Waals surface area contributed by atoms with Crippen LogP contribution < -0.4 is 0 Å². The van der Waals surface area contributed by atoms with Gasteiger partial charge in [-0.1, -0.05) is 20.8 Å². The lowest BCUT2D eigenvalue weighted by molar-refractivity contribution is -0.285. The molecule has 0 aromatic heterocycles. The first kappa shape index (κ1) is 12.9. The van der Waals surface area contributed by atoms with Crippen molar-refractivity contribution in [3.63, 3.8) is 0 Å². The van der Waals surface area contributed by atoms with E-state index in [2.05, 4.69) is 0 Å². The standard InChI is InChI=1S/C10H20O5/c1-10(2,3)4-5-6(11)7(12)8(13)9(14)15-5/h5-9,11-14H,4H2,1-3H3/t5-,6-,7+,8-,9+/m1/s1. The van der Waals surface area contributed by atoms with Crippen molar-refractivity contribution in [3.8, 4) is 0 Å². The van der Waals surface area contributed by atoms with E-state index in [-0.39, 0.29) is 5.41 Å². The van der Waals surface area contributed by atoms with Gasteiger partial charge in [-0.3, -0.25) is 0 Å². The summed E-state index contributed by atoms with van der Waals surface area (Å²) in [6.45, 7) is 5.90. The topological polar surface area (TPSA) is 90.2 Å². The lowest BCUT2D eigenvalue weighted by Crippen LogP contribution is -2.58. The third kappa shape index (κ3) is 3.12. The summed E-state index contributed by atoms with van der Waals surface area (Å²) in [5.41, 5.74) is -0.0899. The largest absolute Gasteiger partial charge is 0.388 e. The molecular formula is C10H20O5. The second-order valence-electron chi connectivity index (χ2n) is 5.30. The Morgan fingerprint density at radius 2 is 1.47 bits per heavy atom. The smallest absolute Gasteiger partial charge is 0.183 e. The van der Waals surface area contributed by atoms with Gasteiger partial charge in [-0.05, 0) is 11.8 Å². The Bertz CT molecular complexity index is 212. The van der Waals surface area contributed by atoms with Gasteiger partial charge in [-0.2, -0.15) is 0 Å². The van der Waals surface area contributed by atoms with Crippen molar-refractivity contribution in [2.24, 2.45) is 5.41 Å². The van der Waals surface area contributed by atoms with Gasteiger partial charge in [0.1, 0.15) is 18.3 Å². The fourth-order valence-corrected chi connectivity index (χ4v) is 1.70. The Hall–Kier alpha value is -0.200. The minimum atomic E-state index is -1.45. The average molecular weight is 220 g/mol. The van der Waals surface area contributed by atoms with E-state index < -0.39 is 30.7 Å². The van der Waals surface area contributed by atoms with Gasteiger partial charge in [-0.15, -0.1) is 0 Å². The minimum Gasteiger partial charge on any atom is -0.388 e. The Balaban J connectivity index is 2.67. The van der Waals surface area contributed by atoms with Crippen molar-refractivity contribution < 1.29 is 25.2 Å². The van der Waals surface area contributed by atoms with E-state index >= 15 is 0 Å². The Labute approximate surface area is 89.3 Å². The van der Waals surface area contributed by atoms with E-state index in [0.717, 1.165) is 0 Å². The molecule has 5 nitrogen and oxygen atoms in total. The Morgan fingerprint density at radius 1 is 0.933 bits per heavy atom. The maximum atomic E-state index is 9.64. The second kappa shape index (κ2) is 4.35. The molecule has 1 heterocycles. The molecule has 1 rings (SSSR count). The molecule has 0 unspecified atom stereocenters. The quantitative estimate of drug-likeness (QED) is 0.465. The van der Waals surface area contributed by atoms with Crippen LogP contribution in [0.15, 0.2) is 0 Å². The number of ether oxygens (including phenoxy) is 1. The molecule has 0 spiro atoms. The predicted octanol–water partition coefficient (Wildman–Crippen LogP) is -0.778. The molecule has 5 atom stereocenters. The summed E-state index contributed by atoms with van der Waals surface area (Å²) in [7, 11) is 0. The molecule has 15 heavy (non-hydrogen) atoms. The van der Waals surface area contributed by atoms with E-state index in [0.29, 0.717) is 6.42 Å². The van der Waals surface area contributed by atoms with Gasteiger partial charge in [0.25, 0.3) is 0 Å². The molecule has 0 bridgehead atoms. The minimum absolute atomic E-state index is 0.0899. The zero-order valence-corrected chi connectivity index (χ0v) is 9.29. The summed E-state index contributed by atoms with van der Waals surface area (Å²) in [5.74, 6) is 0. The lowest BCUT2D eigenvalue weighted by Gasteiger charge is -2.40. The van der Waals surface area contributed by atoms with Crippen molar-refractivity contribution >= 4 is 0 Å². The number of rotatable bonds is 1. The van der Waals surface area contributed by atoms with E-state index in [1.807, 2.05) is 20.8 Å². The van der Waals surface area contributed by atoms with Gasteiger partial charge >= 0.3 is 0 Å². The highest BCUT2D eigenvalue weighted by Gasteiger charge is 2.43. The molecule has 1 saturated heterocycles. The highest BCUT2D eigenvalue weighted by molar-refractivity contribution is 4.90. The summed E-state index contributed by atoms with van der Waals surface area (Å²) in [4.78, 5) is 0. The Kier molecular flexibility index (Phi) is 3.73. The molecule has 0 aliphatic carbocycles. The van der Waals surface area contributed by atoms with Crippen LogP contribution >= 0.6 is 0 Å². The van der Waals surface area contributed by atoms with E-state index in [9.17, 15) is 20.4 Å². The molecule has 1 aliphatic heterocycles. The van der Waals surface area contributed by atoms with Gasteiger partial charge in [-0.25, -0.2) is 0 Å². The van der Waals surface area contributed by atoms with Crippen LogP contribution in [-0.2, 0) is 4.74 Å². The van der Waals surface area contributed by atoms with Crippen molar-refractivity contribution in [1.29, 1.82) is 0 Å². The van der Waals surface area contributed by atoms with E-state index in [1.54, 1.807) is 0 Å². The molecule has 90 valence electrons. The lowest BCUT2D eigenvalue weighted by atomic mass is 9.84. The van der Waals surface area contributed by atoms with E-state index in [4.69, 9.17) is 4.74 Å². The zero-order chi connectivity index (χ0) is 11.8. The van der Waals surface area contributed by atoms with Crippen molar-refractivity contribution in [1.82, 2.24) is 0 Å². The predicted molar refractivity (Wildman–Crippen MR) is 53.0 cm³/mol. The van der Waals surface area contributed by atoms with Crippen LogP contribution in [0, 0.1) is 5.41 Å². The molecule has 4 N–H and O–H groups in total. The van der Waals surface area contributed by atoms with Crippen LogP contribution in [0.1, 0.15) is 27.2 Å². The van der Waals surface area contributed by atoms with Gasteiger partial charge in [0, 0.05) is 0 Å². The first-order valence-electron chi connectivity index (χ1n) is 5.10. The van der Waals surface area contributed by atoms with Crippen LogP contribution in [0.25, 0.3) is 0 Å². The van der Waals surface area contributed by atoms with Gasteiger partial charge in [0.15, 0.2) is 6.29 Å². The second-order valence-corrected chi connectivity index (χ2v) is 5.30. The molecule has 0 aromatic carbocycles. The number of aliphatic hydroxyl groups is 4. The molecule has 0 aromatic rings. The molecule has 0 amide bonds. The van der Waals surface area contributed by atoms with Crippen LogP contribution in [0.4, 0.5) is 0 Å². The fraction of sp³-hybridized carbons (Fsp3) is 1.00. The van der Waals surface area contributed by atoms with Gasteiger partial charge in [0.2, 0.25) is 0 Å². The first-order chi connectivity index (χ1) is 6.72. The molecule has 5 heteroatoms. The highest BCUT2D eigenvalue weighted by atomic mass is 16.6. The van der Waals surface area contributed by atoms with Crippen LogP contribution in [0.2, 0.25) is 0 Å². The number of aliphatic hydroxyl groups excluding tert-OH is 4. The highest BCUT2D eigenvalue weighted by Crippen LogP contribution is 2.29. The summed E-state index contributed by atoms with van der Waals surface area (Å²) in [5, 5.41) is 37.6. The van der Waals surface area contributed by atoms with Gasteiger partial charge in [0.05, 0.1) is 6.10 Å². The molecule has 0 radical (unpaired) electrons.